The van der Waals surface area contributed by atoms with E-state index in [0.29, 0.717) is 6.61 Å². The molecule has 4 heteroatoms. The highest BCUT2D eigenvalue weighted by Gasteiger charge is 2.15. The average Bonchev–Trinajstić information content (AvgIpc) is 2.57. The summed E-state index contributed by atoms with van der Waals surface area (Å²) in [7, 11) is 0. The van der Waals surface area contributed by atoms with Gasteiger partial charge in [0.05, 0.1) is 12.1 Å². The van der Waals surface area contributed by atoms with Crippen LogP contribution in [-0.2, 0) is 6.54 Å². The molecule has 0 bridgehead atoms. The molecule has 0 saturated carbocycles. The molecule has 2 heterocycles. The van der Waals surface area contributed by atoms with Gasteiger partial charge in [0.2, 0.25) is 5.88 Å². The fraction of sp³-hybridized carbons (Fsp3) is 0.400. The van der Waals surface area contributed by atoms with E-state index in [4.69, 9.17) is 9.47 Å². The number of fused-ring (bicyclic) bond motifs is 2. The van der Waals surface area contributed by atoms with Crippen molar-refractivity contribution in [2.75, 3.05) is 13.2 Å². The van der Waals surface area contributed by atoms with E-state index >= 15 is 0 Å². The van der Waals surface area contributed by atoms with Crippen molar-refractivity contribution in [3.05, 3.63) is 29.8 Å². The first-order valence-corrected chi connectivity index (χ1v) is 6.70. The van der Waals surface area contributed by atoms with Crippen molar-refractivity contribution in [1.82, 2.24) is 10.3 Å². The lowest BCUT2D eigenvalue weighted by atomic mass is 10.1. The molecule has 4 nitrogen and oxygen atoms in total. The number of hydrogen-bond acceptors (Lipinski definition) is 4. The largest absolute Gasteiger partial charge is 0.494 e. The lowest BCUT2D eigenvalue weighted by molar-refractivity contribution is 0.218. The molecule has 0 spiro atoms. The number of hydrogen-bond donors (Lipinski definition) is 1. The van der Waals surface area contributed by atoms with Crippen LogP contribution in [0.25, 0.3) is 10.9 Å². The van der Waals surface area contributed by atoms with E-state index in [1.165, 1.54) is 0 Å². The second-order valence-corrected chi connectivity index (χ2v) is 4.80. The predicted octanol–water partition coefficient (Wildman–Crippen LogP) is 2.50. The molecule has 0 aliphatic carbocycles. The molecule has 1 unspecified atom stereocenters. The summed E-state index contributed by atoms with van der Waals surface area (Å²) in [5.74, 6) is 1.63. The Hall–Kier alpha value is -1.81. The first-order valence-electron chi connectivity index (χ1n) is 6.70. The average molecular weight is 258 g/mol. The van der Waals surface area contributed by atoms with Gasteiger partial charge in [-0.2, -0.15) is 0 Å². The molecule has 0 amide bonds. The summed E-state index contributed by atoms with van der Waals surface area (Å²) in [5, 5.41) is 4.45. The minimum atomic E-state index is 0.147. The number of benzene rings is 1. The van der Waals surface area contributed by atoms with Gasteiger partial charge in [-0.1, -0.05) is 0 Å². The Balaban J connectivity index is 2.06. The number of nitrogens with one attached hydrogen (secondary N) is 1. The van der Waals surface area contributed by atoms with Crippen molar-refractivity contribution in [2.45, 2.75) is 26.5 Å². The van der Waals surface area contributed by atoms with Crippen molar-refractivity contribution < 1.29 is 9.47 Å². The van der Waals surface area contributed by atoms with Gasteiger partial charge >= 0.3 is 0 Å². The quantitative estimate of drug-likeness (QED) is 0.899. The molecule has 1 aromatic heterocycles. The van der Waals surface area contributed by atoms with E-state index in [9.17, 15) is 0 Å². The van der Waals surface area contributed by atoms with Crippen LogP contribution >= 0.6 is 0 Å². The van der Waals surface area contributed by atoms with Gasteiger partial charge in [0, 0.05) is 24.0 Å². The summed E-state index contributed by atoms with van der Waals surface area (Å²) < 4.78 is 11.4. The summed E-state index contributed by atoms with van der Waals surface area (Å²) in [4.78, 5) is 4.61. The van der Waals surface area contributed by atoms with Gasteiger partial charge in [0.15, 0.2) is 0 Å². The molecule has 1 aliphatic heterocycles. The van der Waals surface area contributed by atoms with E-state index in [1.807, 2.05) is 32.0 Å². The second kappa shape index (κ2) is 5.05. The van der Waals surface area contributed by atoms with E-state index in [-0.39, 0.29) is 6.10 Å². The Kier molecular flexibility index (Phi) is 3.25. The molecule has 0 saturated heterocycles. The second-order valence-electron chi connectivity index (χ2n) is 4.80. The number of nitrogens with zero attached hydrogens (tertiary/aromatic N) is 1. The van der Waals surface area contributed by atoms with Crippen molar-refractivity contribution in [1.29, 1.82) is 0 Å². The first kappa shape index (κ1) is 12.2. The van der Waals surface area contributed by atoms with Crippen LogP contribution in [-0.4, -0.2) is 24.2 Å². The number of pyridine rings is 1. The maximum atomic E-state index is 5.84. The summed E-state index contributed by atoms with van der Waals surface area (Å²) in [6, 6.07) is 8.09. The lowest BCUT2D eigenvalue weighted by Gasteiger charge is -2.12. The third-order valence-corrected chi connectivity index (χ3v) is 3.20. The molecule has 1 atom stereocenters. The van der Waals surface area contributed by atoms with Gasteiger partial charge in [0.1, 0.15) is 11.9 Å². The molecular weight excluding hydrogens is 240 g/mol. The fourth-order valence-corrected chi connectivity index (χ4v) is 2.31. The molecule has 0 radical (unpaired) electrons. The van der Waals surface area contributed by atoms with Gasteiger partial charge in [-0.15, -0.1) is 0 Å². The molecule has 1 aliphatic rings. The molecule has 2 aromatic rings. The fourth-order valence-electron chi connectivity index (χ4n) is 2.31. The highest BCUT2D eigenvalue weighted by molar-refractivity contribution is 5.81. The van der Waals surface area contributed by atoms with E-state index < -0.39 is 0 Å². The van der Waals surface area contributed by atoms with Gasteiger partial charge in [-0.05, 0) is 38.1 Å². The van der Waals surface area contributed by atoms with Gasteiger partial charge < -0.3 is 14.8 Å². The Morgan fingerprint density at radius 1 is 1.42 bits per heavy atom. The molecule has 0 fully saturated rings. The van der Waals surface area contributed by atoms with Crippen LogP contribution in [0.4, 0.5) is 0 Å². The zero-order valence-corrected chi connectivity index (χ0v) is 11.3. The monoisotopic (exact) mass is 258 g/mol. The van der Waals surface area contributed by atoms with E-state index in [0.717, 1.165) is 41.2 Å². The topological polar surface area (TPSA) is 43.4 Å². The predicted molar refractivity (Wildman–Crippen MR) is 74.7 cm³/mol. The summed E-state index contributed by atoms with van der Waals surface area (Å²) in [6.07, 6.45) is 0.147. The third kappa shape index (κ3) is 2.49. The van der Waals surface area contributed by atoms with Crippen LogP contribution in [0, 0.1) is 0 Å². The van der Waals surface area contributed by atoms with E-state index in [2.05, 4.69) is 16.4 Å². The zero-order chi connectivity index (χ0) is 13.2. The molecule has 1 aromatic carbocycles. The van der Waals surface area contributed by atoms with Gasteiger partial charge in [-0.3, -0.25) is 0 Å². The minimum Gasteiger partial charge on any atom is -0.494 e. The SMILES string of the molecule is CCOc1ccc2nc3c(cc2c1)CNCC(C)O3. The van der Waals surface area contributed by atoms with Crippen molar-refractivity contribution in [3.63, 3.8) is 0 Å². The highest BCUT2D eigenvalue weighted by Crippen LogP contribution is 2.27. The number of ether oxygens (including phenoxy) is 2. The van der Waals surface area contributed by atoms with Crippen LogP contribution in [0.1, 0.15) is 19.4 Å². The van der Waals surface area contributed by atoms with Crippen LogP contribution < -0.4 is 14.8 Å². The maximum absolute atomic E-state index is 5.84. The Bertz CT molecular complexity index is 598. The van der Waals surface area contributed by atoms with Gasteiger partial charge in [-0.25, -0.2) is 4.98 Å². The van der Waals surface area contributed by atoms with Crippen LogP contribution in [0.5, 0.6) is 11.6 Å². The van der Waals surface area contributed by atoms with E-state index in [1.54, 1.807) is 0 Å². The third-order valence-electron chi connectivity index (χ3n) is 3.20. The summed E-state index contributed by atoms with van der Waals surface area (Å²) in [5.41, 5.74) is 2.04. The number of rotatable bonds is 2. The molecule has 3 rings (SSSR count). The van der Waals surface area contributed by atoms with Crippen molar-refractivity contribution >= 4 is 10.9 Å². The van der Waals surface area contributed by atoms with Crippen molar-refractivity contribution in [3.8, 4) is 11.6 Å². The smallest absolute Gasteiger partial charge is 0.218 e. The maximum Gasteiger partial charge on any atom is 0.218 e. The van der Waals surface area contributed by atoms with Crippen LogP contribution in [0.15, 0.2) is 24.3 Å². The molecular formula is C15H18N2O2. The van der Waals surface area contributed by atoms with Crippen LogP contribution in [0.2, 0.25) is 0 Å². The summed E-state index contributed by atoms with van der Waals surface area (Å²) in [6.45, 7) is 6.34. The molecule has 19 heavy (non-hydrogen) atoms. The Labute approximate surface area is 112 Å². The lowest BCUT2D eigenvalue weighted by Crippen LogP contribution is -2.25. The Morgan fingerprint density at radius 3 is 3.16 bits per heavy atom. The standard InChI is InChI=1S/C15H18N2O2/c1-3-18-13-4-5-14-11(7-13)6-12-9-16-8-10(2)19-15(12)17-14/h4-7,10,16H,3,8-9H2,1-2H3. The summed E-state index contributed by atoms with van der Waals surface area (Å²) >= 11 is 0. The zero-order valence-electron chi connectivity index (χ0n) is 11.3. The molecule has 1 N–H and O–H groups in total. The number of aromatic nitrogens is 1. The highest BCUT2D eigenvalue weighted by atomic mass is 16.5. The normalized spacial score (nSPS) is 18.5. The Morgan fingerprint density at radius 2 is 2.32 bits per heavy atom. The molecule has 100 valence electrons. The van der Waals surface area contributed by atoms with Crippen molar-refractivity contribution in [2.24, 2.45) is 0 Å². The minimum absolute atomic E-state index is 0.147. The van der Waals surface area contributed by atoms with Crippen LogP contribution in [0.3, 0.4) is 0 Å². The first-order chi connectivity index (χ1) is 9.26. The van der Waals surface area contributed by atoms with Gasteiger partial charge in [0.25, 0.3) is 0 Å².